The van der Waals surface area contributed by atoms with E-state index in [2.05, 4.69) is 15.7 Å². The molecule has 0 saturated heterocycles. The first-order valence-corrected chi connectivity index (χ1v) is 6.28. The van der Waals surface area contributed by atoms with Gasteiger partial charge in [-0.05, 0) is 13.3 Å². The molecule has 1 aliphatic heterocycles. The highest BCUT2D eigenvalue weighted by atomic mass is 16.2. The predicted octanol–water partition coefficient (Wildman–Crippen LogP) is -0.937. The molecule has 0 radical (unpaired) electrons. The number of nitrogens with one attached hydrogen (secondary N) is 2. The van der Waals surface area contributed by atoms with Crippen LogP contribution in [-0.4, -0.2) is 32.8 Å². The van der Waals surface area contributed by atoms with E-state index >= 15 is 0 Å². The molecule has 1 aliphatic rings. The number of aromatic nitrogens is 3. The monoisotopic (exact) mass is 253 g/mol. The van der Waals surface area contributed by atoms with Crippen LogP contribution in [0.25, 0.3) is 0 Å². The topological polar surface area (TPSA) is 81.0 Å². The normalized spacial score (nSPS) is 16.1. The molecule has 2 rings (SSSR count). The van der Waals surface area contributed by atoms with Gasteiger partial charge in [0.1, 0.15) is 12.4 Å². The second-order valence-electron chi connectivity index (χ2n) is 4.56. The zero-order chi connectivity index (χ0) is 13.1. The molecule has 7 nitrogen and oxygen atoms in total. The molecule has 18 heavy (non-hydrogen) atoms. The molecule has 1 aromatic rings. The number of hydrogen-bond donors (Lipinski definition) is 2. The Morgan fingerprint density at radius 2 is 2.39 bits per heavy atom. The minimum Gasteiger partial charge on any atom is -0.352 e. The summed E-state index contributed by atoms with van der Waals surface area (Å²) in [7, 11) is 0. The molecule has 1 amide bonds. The van der Waals surface area contributed by atoms with Crippen LogP contribution in [0, 0.1) is 0 Å². The van der Waals surface area contributed by atoms with E-state index in [-0.39, 0.29) is 24.2 Å². The Morgan fingerprint density at radius 3 is 3.06 bits per heavy atom. The lowest BCUT2D eigenvalue weighted by Gasteiger charge is -2.11. The fourth-order valence-corrected chi connectivity index (χ4v) is 1.89. The molecule has 1 unspecified atom stereocenters. The number of hydrogen-bond acceptors (Lipinski definition) is 4. The molecule has 0 aromatic carbocycles. The number of rotatable bonds is 4. The Kier molecular flexibility index (Phi) is 3.81. The first-order chi connectivity index (χ1) is 8.61. The maximum atomic E-state index is 12.0. The molecular formula is C11H19N5O2. The molecule has 0 saturated carbocycles. The van der Waals surface area contributed by atoms with Gasteiger partial charge < -0.3 is 10.6 Å². The quantitative estimate of drug-likeness (QED) is 0.726. The average Bonchev–Trinajstić information content (AvgIpc) is 2.66. The van der Waals surface area contributed by atoms with Crippen LogP contribution in [0.4, 0.5) is 0 Å². The van der Waals surface area contributed by atoms with Crippen molar-refractivity contribution in [2.45, 2.75) is 45.9 Å². The summed E-state index contributed by atoms with van der Waals surface area (Å²) >= 11 is 0. The van der Waals surface area contributed by atoms with Gasteiger partial charge in [0.2, 0.25) is 5.91 Å². The van der Waals surface area contributed by atoms with Crippen molar-refractivity contribution in [1.29, 1.82) is 0 Å². The van der Waals surface area contributed by atoms with Gasteiger partial charge in [0.15, 0.2) is 0 Å². The molecular weight excluding hydrogens is 234 g/mol. The Morgan fingerprint density at radius 1 is 1.61 bits per heavy atom. The molecule has 7 heteroatoms. The third-order valence-electron chi connectivity index (χ3n) is 3.11. The Labute approximate surface area is 105 Å². The van der Waals surface area contributed by atoms with Crippen molar-refractivity contribution in [3.8, 4) is 0 Å². The number of amides is 1. The number of carbonyl (C=O) groups is 1. The SMILES string of the molecule is CCC(C)NC(=O)Cn1nc2n(c1=O)CCNC2. The van der Waals surface area contributed by atoms with Crippen molar-refractivity contribution in [3.63, 3.8) is 0 Å². The van der Waals surface area contributed by atoms with Crippen LogP contribution >= 0.6 is 0 Å². The average molecular weight is 253 g/mol. The van der Waals surface area contributed by atoms with Crippen LogP contribution in [0.5, 0.6) is 0 Å². The second kappa shape index (κ2) is 5.34. The van der Waals surface area contributed by atoms with E-state index in [9.17, 15) is 9.59 Å². The molecule has 1 atom stereocenters. The first kappa shape index (κ1) is 12.8. The lowest BCUT2D eigenvalue weighted by atomic mass is 10.2. The highest BCUT2D eigenvalue weighted by Gasteiger charge is 2.18. The molecule has 0 aliphatic carbocycles. The van der Waals surface area contributed by atoms with Gasteiger partial charge in [-0.15, -0.1) is 0 Å². The second-order valence-corrected chi connectivity index (χ2v) is 4.56. The Bertz CT molecular complexity index is 490. The number of nitrogens with zero attached hydrogens (tertiary/aromatic N) is 3. The van der Waals surface area contributed by atoms with Crippen molar-refractivity contribution >= 4 is 5.91 Å². The van der Waals surface area contributed by atoms with Crippen molar-refractivity contribution in [1.82, 2.24) is 25.0 Å². The molecule has 2 N–H and O–H groups in total. The maximum Gasteiger partial charge on any atom is 0.346 e. The predicted molar refractivity (Wildman–Crippen MR) is 66.1 cm³/mol. The van der Waals surface area contributed by atoms with Gasteiger partial charge in [0.05, 0.1) is 6.54 Å². The van der Waals surface area contributed by atoms with E-state index in [1.54, 1.807) is 4.57 Å². The molecule has 100 valence electrons. The summed E-state index contributed by atoms with van der Waals surface area (Å²) in [6.45, 7) is 5.87. The highest BCUT2D eigenvalue weighted by Crippen LogP contribution is 1.97. The summed E-state index contributed by atoms with van der Waals surface area (Å²) in [5, 5.41) is 10.1. The third-order valence-corrected chi connectivity index (χ3v) is 3.11. The van der Waals surface area contributed by atoms with Crippen LogP contribution in [0.3, 0.4) is 0 Å². The van der Waals surface area contributed by atoms with E-state index in [0.717, 1.165) is 13.0 Å². The van der Waals surface area contributed by atoms with Gasteiger partial charge >= 0.3 is 5.69 Å². The highest BCUT2D eigenvalue weighted by molar-refractivity contribution is 5.75. The van der Waals surface area contributed by atoms with Gasteiger partial charge in [-0.1, -0.05) is 6.92 Å². The summed E-state index contributed by atoms with van der Waals surface area (Å²) < 4.78 is 2.85. The molecule has 0 fully saturated rings. The summed E-state index contributed by atoms with van der Waals surface area (Å²) in [6, 6.07) is 0.118. The molecule has 1 aromatic heterocycles. The van der Waals surface area contributed by atoms with Gasteiger partial charge in [0, 0.05) is 19.1 Å². The summed E-state index contributed by atoms with van der Waals surface area (Å²) in [4.78, 5) is 23.7. The van der Waals surface area contributed by atoms with E-state index < -0.39 is 0 Å². The van der Waals surface area contributed by atoms with E-state index in [1.807, 2.05) is 13.8 Å². The molecule has 0 spiro atoms. The zero-order valence-corrected chi connectivity index (χ0v) is 10.8. The van der Waals surface area contributed by atoms with Crippen LogP contribution in [0.2, 0.25) is 0 Å². The van der Waals surface area contributed by atoms with Gasteiger partial charge in [-0.2, -0.15) is 5.10 Å². The van der Waals surface area contributed by atoms with Gasteiger partial charge in [0.25, 0.3) is 0 Å². The molecule has 0 bridgehead atoms. The minimum atomic E-state index is -0.203. The van der Waals surface area contributed by atoms with E-state index in [1.165, 1.54) is 4.68 Å². The van der Waals surface area contributed by atoms with E-state index in [0.29, 0.717) is 18.9 Å². The lowest BCUT2D eigenvalue weighted by molar-refractivity contribution is -0.122. The van der Waals surface area contributed by atoms with Crippen LogP contribution in [0.1, 0.15) is 26.1 Å². The smallest absolute Gasteiger partial charge is 0.346 e. The third kappa shape index (κ3) is 2.61. The van der Waals surface area contributed by atoms with Crippen LogP contribution < -0.4 is 16.3 Å². The van der Waals surface area contributed by atoms with Gasteiger partial charge in [-0.3, -0.25) is 9.36 Å². The van der Waals surface area contributed by atoms with Crippen LogP contribution in [0.15, 0.2) is 4.79 Å². The fourth-order valence-electron chi connectivity index (χ4n) is 1.89. The number of carbonyl (C=O) groups excluding carboxylic acids is 1. The van der Waals surface area contributed by atoms with Crippen LogP contribution in [-0.2, 0) is 24.4 Å². The van der Waals surface area contributed by atoms with E-state index in [4.69, 9.17) is 0 Å². The maximum absolute atomic E-state index is 12.0. The van der Waals surface area contributed by atoms with Crippen molar-refractivity contribution < 1.29 is 4.79 Å². The van der Waals surface area contributed by atoms with Gasteiger partial charge in [-0.25, -0.2) is 9.48 Å². The standard InChI is InChI=1S/C11H19N5O2/c1-3-8(2)13-10(17)7-16-11(18)15-5-4-12-6-9(15)14-16/h8,12H,3-7H2,1-2H3,(H,13,17). The Balaban J connectivity index is 2.08. The fraction of sp³-hybridized carbons (Fsp3) is 0.727. The Hall–Kier alpha value is -1.63. The summed E-state index contributed by atoms with van der Waals surface area (Å²) in [5.74, 6) is 0.525. The summed E-state index contributed by atoms with van der Waals surface area (Å²) in [5.41, 5.74) is -0.203. The lowest BCUT2D eigenvalue weighted by Crippen LogP contribution is -2.38. The molecule has 2 heterocycles. The summed E-state index contributed by atoms with van der Waals surface area (Å²) in [6.07, 6.45) is 0.865. The number of fused-ring (bicyclic) bond motifs is 1. The zero-order valence-electron chi connectivity index (χ0n) is 10.8. The van der Waals surface area contributed by atoms with Crippen molar-refractivity contribution in [2.24, 2.45) is 0 Å². The largest absolute Gasteiger partial charge is 0.352 e. The van der Waals surface area contributed by atoms with Crippen molar-refractivity contribution in [3.05, 3.63) is 16.3 Å². The minimum absolute atomic E-state index is 0.0107. The first-order valence-electron chi connectivity index (χ1n) is 6.28. The van der Waals surface area contributed by atoms with Crippen molar-refractivity contribution in [2.75, 3.05) is 6.54 Å².